The minimum Gasteiger partial charge on any atom is -0.383 e. The highest BCUT2D eigenvalue weighted by atomic mass is 32.1. The predicted molar refractivity (Wildman–Crippen MR) is 90.7 cm³/mol. The first-order chi connectivity index (χ1) is 10.1. The molecule has 0 saturated heterocycles. The van der Waals surface area contributed by atoms with Crippen molar-refractivity contribution in [3.63, 3.8) is 0 Å². The highest BCUT2D eigenvalue weighted by Crippen LogP contribution is 2.40. The van der Waals surface area contributed by atoms with E-state index in [4.69, 9.17) is 5.73 Å². The predicted octanol–water partition coefficient (Wildman–Crippen LogP) is 4.63. The highest BCUT2D eigenvalue weighted by molar-refractivity contribution is 7.19. The van der Waals surface area contributed by atoms with Crippen molar-refractivity contribution >= 4 is 27.4 Å². The minimum atomic E-state index is 0.539. The van der Waals surface area contributed by atoms with E-state index in [9.17, 15) is 0 Å². The van der Waals surface area contributed by atoms with Crippen LogP contribution in [-0.4, -0.2) is 9.97 Å². The molecule has 3 nitrogen and oxygen atoms in total. The van der Waals surface area contributed by atoms with Crippen LogP contribution < -0.4 is 5.73 Å². The van der Waals surface area contributed by atoms with E-state index in [1.165, 1.54) is 21.6 Å². The van der Waals surface area contributed by atoms with Crippen LogP contribution >= 0.6 is 11.3 Å². The van der Waals surface area contributed by atoms with E-state index in [2.05, 4.69) is 55.0 Å². The van der Waals surface area contributed by atoms with E-state index in [0.29, 0.717) is 11.7 Å². The second-order valence-corrected chi connectivity index (χ2v) is 6.55. The van der Waals surface area contributed by atoms with Gasteiger partial charge >= 0.3 is 0 Å². The molecule has 0 aliphatic rings. The monoisotopic (exact) mass is 297 g/mol. The number of benzene rings is 1. The lowest BCUT2D eigenvalue weighted by Gasteiger charge is -2.08. The van der Waals surface area contributed by atoms with Crippen LogP contribution in [0.3, 0.4) is 0 Å². The van der Waals surface area contributed by atoms with Gasteiger partial charge < -0.3 is 5.73 Å². The molecule has 0 atom stereocenters. The number of aryl methyl sites for hydroxylation is 1. The average molecular weight is 297 g/mol. The summed E-state index contributed by atoms with van der Waals surface area (Å²) in [5.74, 6) is 1.11. The fourth-order valence-electron chi connectivity index (χ4n) is 2.59. The van der Waals surface area contributed by atoms with Crippen LogP contribution in [0.2, 0.25) is 0 Å². The van der Waals surface area contributed by atoms with E-state index >= 15 is 0 Å². The van der Waals surface area contributed by atoms with E-state index in [1.54, 1.807) is 17.7 Å². The Labute approximate surface area is 128 Å². The summed E-state index contributed by atoms with van der Waals surface area (Å²) < 4.78 is 0. The normalized spacial score (nSPS) is 11.4. The van der Waals surface area contributed by atoms with E-state index in [1.807, 2.05) is 0 Å². The van der Waals surface area contributed by atoms with Gasteiger partial charge in [-0.15, -0.1) is 11.3 Å². The first-order valence-electron chi connectivity index (χ1n) is 7.24. The van der Waals surface area contributed by atoms with Gasteiger partial charge in [-0.1, -0.05) is 45.0 Å². The molecular formula is C17H19N3S. The number of nitrogen functional groups attached to an aromatic ring is 1. The van der Waals surface area contributed by atoms with Gasteiger partial charge in [-0.05, 0) is 23.5 Å². The maximum Gasteiger partial charge on any atom is 0.136 e. The summed E-state index contributed by atoms with van der Waals surface area (Å²) in [6, 6.07) is 8.76. The Hall–Kier alpha value is -1.94. The number of rotatable bonds is 3. The topological polar surface area (TPSA) is 51.8 Å². The van der Waals surface area contributed by atoms with Gasteiger partial charge in [0.25, 0.3) is 0 Å². The molecule has 0 fully saturated rings. The lowest BCUT2D eigenvalue weighted by Crippen LogP contribution is -1.93. The molecule has 0 aliphatic heterocycles. The Kier molecular flexibility index (Phi) is 3.64. The Morgan fingerprint density at radius 2 is 1.86 bits per heavy atom. The van der Waals surface area contributed by atoms with Crippen LogP contribution in [0.5, 0.6) is 0 Å². The zero-order valence-electron chi connectivity index (χ0n) is 12.6. The van der Waals surface area contributed by atoms with E-state index in [-0.39, 0.29) is 0 Å². The van der Waals surface area contributed by atoms with Crippen LogP contribution in [0.4, 0.5) is 5.82 Å². The summed E-state index contributed by atoms with van der Waals surface area (Å²) in [6.45, 7) is 6.58. The van der Waals surface area contributed by atoms with Gasteiger partial charge in [-0.3, -0.25) is 0 Å². The highest BCUT2D eigenvalue weighted by Gasteiger charge is 2.16. The molecule has 3 aromatic rings. The third-order valence-electron chi connectivity index (χ3n) is 3.78. The third kappa shape index (κ3) is 2.40. The van der Waals surface area contributed by atoms with Crippen molar-refractivity contribution in [3.05, 3.63) is 41.0 Å². The summed E-state index contributed by atoms with van der Waals surface area (Å²) in [4.78, 5) is 10.8. The minimum absolute atomic E-state index is 0.539. The van der Waals surface area contributed by atoms with Crippen molar-refractivity contribution in [2.24, 2.45) is 0 Å². The maximum atomic E-state index is 6.10. The van der Waals surface area contributed by atoms with Gasteiger partial charge in [0, 0.05) is 10.4 Å². The zero-order chi connectivity index (χ0) is 15.0. The Balaban J connectivity index is 2.23. The number of thiophene rings is 1. The van der Waals surface area contributed by atoms with Crippen molar-refractivity contribution in [1.29, 1.82) is 0 Å². The Morgan fingerprint density at radius 3 is 2.48 bits per heavy atom. The molecule has 0 spiro atoms. The molecule has 108 valence electrons. The summed E-state index contributed by atoms with van der Waals surface area (Å²) in [5, 5.41) is 0.997. The largest absolute Gasteiger partial charge is 0.383 e. The second-order valence-electron chi connectivity index (χ2n) is 5.47. The summed E-state index contributed by atoms with van der Waals surface area (Å²) in [5.41, 5.74) is 9.84. The molecule has 4 heteroatoms. The van der Waals surface area contributed by atoms with Crippen LogP contribution in [-0.2, 0) is 6.42 Å². The lowest BCUT2D eigenvalue weighted by atomic mass is 9.97. The number of hydrogen-bond donors (Lipinski definition) is 1. The van der Waals surface area contributed by atoms with Gasteiger partial charge in [0.2, 0.25) is 0 Å². The van der Waals surface area contributed by atoms with Crippen LogP contribution in [0.15, 0.2) is 30.6 Å². The average Bonchev–Trinajstić information content (AvgIpc) is 2.87. The fraction of sp³-hybridized carbons (Fsp3) is 0.294. The molecule has 2 N–H and O–H groups in total. The first-order valence-corrected chi connectivity index (χ1v) is 8.05. The molecule has 0 aliphatic carbocycles. The van der Waals surface area contributed by atoms with Gasteiger partial charge in [0.15, 0.2) is 0 Å². The van der Waals surface area contributed by atoms with Gasteiger partial charge in [0.1, 0.15) is 17.0 Å². The molecule has 0 unspecified atom stereocenters. The van der Waals surface area contributed by atoms with Crippen molar-refractivity contribution in [1.82, 2.24) is 9.97 Å². The quantitative estimate of drug-likeness (QED) is 0.767. The zero-order valence-corrected chi connectivity index (χ0v) is 13.4. The summed E-state index contributed by atoms with van der Waals surface area (Å²) >= 11 is 1.71. The maximum absolute atomic E-state index is 6.10. The molecule has 0 saturated carbocycles. The van der Waals surface area contributed by atoms with Crippen molar-refractivity contribution in [2.45, 2.75) is 33.1 Å². The first kappa shape index (κ1) is 14.0. The number of hydrogen-bond acceptors (Lipinski definition) is 4. The molecule has 2 aromatic heterocycles. The molecule has 21 heavy (non-hydrogen) atoms. The standard InChI is InChI=1S/C17H19N3S/c1-4-13-14(12-7-5-11(6-8-12)10(2)3)15-16(18)19-9-20-17(15)21-13/h5-10H,4H2,1-3H3,(H2,18,19,20). The van der Waals surface area contributed by atoms with Gasteiger partial charge in [0.05, 0.1) is 5.39 Å². The SMILES string of the molecule is CCc1sc2ncnc(N)c2c1-c1ccc(C(C)C)cc1. The Bertz CT molecular complexity index is 773. The van der Waals surface area contributed by atoms with Crippen molar-refractivity contribution in [2.75, 3.05) is 5.73 Å². The number of nitrogens with zero attached hydrogens (tertiary/aromatic N) is 2. The van der Waals surface area contributed by atoms with Crippen LogP contribution in [0.25, 0.3) is 21.3 Å². The van der Waals surface area contributed by atoms with Gasteiger partial charge in [-0.2, -0.15) is 0 Å². The third-order valence-corrected chi connectivity index (χ3v) is 5.02. The molecule has 2 heterocycles. The molecule has 3 rings (SSSR count). The number of fused-ring (bicyclic) bond motifs is 1. The van der Waals surface area contributed by atoms with E-state index < -0.39 is 0 Å². The lowest BCUT2D eigenvalue weighted by molar-refractivity contribution is 0.867. The second kappa shape index (κ2) is 5.45. The molecule has 1 aromatic carbocycles. The van der Waals surface area contributed by atoms with Crippen LogP contribution in [0, 0.1) is 0 Å². The summed E-state index contributed by atoms with van der Waals surface area (Å²) in [7, 11) is 0. The van der Waals surface area contributed by atoms with Crippen molar-refractivity contribution < 1.29 is 0 Å². The molecule has 0 radical (unpaired) electrons. The molecule has 0 bridgehead atoms. The number of aromatic nitrogens is 2. The van der Waals surface area contributed by atoms with E-state index in [0.717, 1.165) is 16.6 Å². The summed E-state index contributed by atoms with van der Waals surface area (Å²) in [6.07, 6.45) is 2.51. The van der Waals surface area contributed by atoms with Gasteiger partial charge in [-0.25, -0.2) is 9.97 Å². The van der Waals surface area contributed by atoms with Crippen LogP contribution in [0.1, 0.15) is 37.1 Å². The fourth-order valence-corrected chi connectivity index (χ4v) is 3.70. The number of anilines is 1. The molecular weight excluding hydrogens is 278 g/mol. The molecule has 0 amide bonds. The van der Waals surface area contributed by atoms with Crippen molar-refractivity contribution in [3.8, 4) is 11.1 Å². The number of nitrogens with two attached hydrogens (primary N) is 1. The smallest absolute Gasteiger partial charge is 0.136 e. The Morgan fingerprint density at radius 1 is 1.14 bits per heavy atom.